The Labute approximate surface area is 100 Å². The maximum Gasteiger partial charge on any atom is 0.173 e. The third kappa shape index (κ3) is 3.14. The molecule has 0 saturated carbocycles. The molecular formula is C12H14FNO2S. The minimum absolute atomic E-state index is 0.0560. The van der Waals surface area contributed by atoms with Crippen LogP contribution in [-0.4, -0.2) is 20.2 Å². The zero-order valence-corrected chi connectivity index (χ0v) is 10.3. The number of aryl methyl sites for hydroxylation is 1. The van der Waals surface area contributed by atoms with Gasteiger partial charge in [0.25, 0.3) is 0 Å². The average molecular weight is 255 g/mol. The van der Waals surface area contributed by atoms with Crippen LogP contribution in [0.3, 0.4) is 0 Å². The Balaban J connectivity index is 1.99. The molecule has 1 atom stereocenters. The van der Waals surface area contributed by atoms with Crippen LogP contribution in [0.2, 0.25) is 0 Å². The van der Waals surface area contributed by atoms with Gasteiger partial charge < -0.3 is 5.32 Å². The zero-order valence-electron chi connectivity index (χ0n) is 9.48. The summed E-state index contributed by atoms with van der Waals surface area (Å²) < 4.78 is 35.8. The number of sulfone groups is 1. The van der Waals surface area contributed by atoms with Crippen molar-refractivity contribution >= 4 is 9.84 Å². The second kappa shape index (κ2) is 4.58. The summed E-state index contributed by atoms with van der Waals surface area (Å²) in [5.74, 6) is -0.214. The SMILES string of the molecule is Cc1ccc(F)c(CNC2C=CS(=O)(=O)C2)c1. The van der Waals surface area contributed by atoms with E-state index in [4.69, 9.17) is 0 Å². The molecule has 1 aromatic carbocycles. The van der Waals surface area contributed by atoms with Gasteiger partial charge in [0.05, 0.1) is 5.75 Å². The molecule has 0 radical (unpaired) electrons. The summed E-state index contributed by atoms with van der Waals surface area (Å²) in [5, 5.41) is 4.22. The Morgan fingerprint density at radius 1 is 1.47 bits per heavy atom. The molecule has 1 aliphatic rings. The molecule has 1 aromatic rings. The van der Waals surface area contributed by atoms with E-state index in [2.05, 4.69) is 5.32 Å². The fraction of sp³-hybridized carbons (Fsp3) is 0.333. The highest BCUT2D eigenvalue weighted by Gasteiger charge is 2.21. The highest BCUT2D eigenvalue weighted by molar-refractivity contribution is 7.94. The maximum atomic E-state index is 13.4. The van der Waals surface area contributed by atoms with E-state index in [1.165, 1.54) is 11.5 Å². The smallest absolute Gasteiger partial charge is 0.173 e. The van der Waals surface area contributed by atoms with Crippen LogP contribution in [0.5, 0.6) is 0 Å². The van der Waals surface area contributed by atoms with Crippen molar-refractivity contribution < 1.29 is 12.8 Å². The second-order valence-electron chi connectivity index (χ2n) is 4.24. The summed E-state index contributed by atoms with van der Waals surface area (Å²) in [4.78, 5) is 0. The molecular weight excluding hydrogens is 241 g/mol. The second-order valence-corrected chi connectivity index (χ2v) is 6.17. The first kappa shape index (κ1) is 12.3. The van der Waals surface area contributed by atoms with Crippen molar-refractivity contribution in [1.82, 2.24) is 5.32 Å². The molecule has 1 aliphatic heterocycles. The minimum atomic E-state index is -3.05. The van der Waals surface area contributed by atoms with Crippen molar-refractivity contribution in [3.63, 3.8) is 0 Å². The standard InChI is InChI=1S/C12H14FNO2S/c1-9-2-3-12(13)10(6-9)7-14-11-4-5-17(15,16)8-11/h2-6,11,14H,7-8H2,1H3. The van der Waals surface area contributed by atoms with Crippen LogP contribution in [0, 0.1) is 12.7 Å². The third-order valence-electron chi connectivity index (χ3n) is 2.69. The van der Waals surface area contributed by atoms with E-state index in [9.17, 15) is 12.8 Å². The van der Waals surface area contributed by atoms with Crippen molar-refractivity contribution in [1.29, 1.82) is 0 Å². The highest BCUT2D eigenvalue weighted by Crippen LogP contribution is 2.12. The van der Waals surface area contributed by atoms with E-state index >= 15 is 0 Å². The first-order chi connectivity index (χ1) is 7.96. The monoisotopic (exact) mass is 255 g/mol. The molecule has 2 rings (SSSR count). The van der Waals surface area contributed by atoms with E-state index in [1.54, 1.807) is 18.2 Å². The molecule has 0 aliphatic carbocycles. The molecule has 0 aromatic heterocycles. The summed E-state index contributed by atoms with van der Waals surface area (Å²) in [5.41, 5.74) is 1.54. The summed E-state index contributed by atoms with van der Waals surface area (Å²) in [7, 11) is -3.05. The highest BCUT2D eigenvalue weighted by atomic mass is 32.2. The Morgan fingerprint density at radius 2 is 2.24 bits per heavy atom. The van der Waals surface area contributed by atoms with E-state index in [1.807, 2.05) is 6.92 Å². The molecule has 92 valence electrons. The molecule has 0 bridgehead atoms. The normalized spacial score (nSPS) is 21.9. The van der Waals surface area contributed by atoms with Crippen LogP contribution >= 0.6 is 0 Å². The minimum Gasteiger partial charge on any atom is -0.305 e. The van der Waals surface area contributed by atoms with Crippen molar-refractivity contribution in [2.45, 2.75) is 19.5 Å². The Hall–Kier alpha value is -1.20. The molecule has 1 unspecified atom stereocenters. The largest absolute Gasteiger partial charge is 0.305 e. The predicted molar refractivity (Wildman–Crippen MR) is 64.7 cm³/mol. The molecule has 0 fully saturated rings. The Morgan fingerprint density at radius 3 is 2.88 bits per heavy atom. The topological polar surface area (TPSA) is 46.2 Å². The van der Waals surface area contributed by atoms with E-state index < -0.39 is 9.84 Å². The van der Waals surface area contributed by atoms with Gasteiger partial charge in [-0.1, -0.05) is 23.8 Å². The van der Waals surface area contributed by atoms with Gasteiger partial charge in [0.15, 0.2) is 9.84 Å². The van der Waals surface area contributed by atoms with E-state index in [-0.39, 0.29) is 17.6 Å². The Kier molecular flexibility index (Phi) is 3.31. The average Bonchev–Trinajstić information content (AvgIpc) is 2.60. The molecule has 0 saturated heterocycles. The molecule has 0 spiro atoms. The maximum absolute atomic E-state index is 13.4. The fourth-order valence-corrected chi connectivity index (χ4v) is 3.05. The van der Waals surface area contributed by atoms with Crippen molar-refractivity contribution in [3.05, 3.63) is 46.6 Å². The number of benzene rings is 1. The number of nitrogens with one attached hydrogen (secondary N) is 1. The number of hydrogen-bond donors (Lipinski definition) is 1. The lowest BCUT2D eigenvalue weighted by molar-refractivity contribution is 0.568. The summed E-state index contributed by atoms with van der Waals surface area (Å²) in [6.07, 6.45) is 1.60. The van der Waals surface area contributed by atoms with Gasteiger partial charge in [0.2, 0.25) is 0 Å². The first-order valence-electron chi connectivity index (χ1n) is 5.36. The molecule has 1 N–H and O–H groups in total. The van der Waals surface area contributed by atoms with Crippen LogP contribution in [0.4, 0.5) is 4.39 Å². The van der Waals surface area contributed by atoms with E-state index in [0.29, 0.717) is 12.1 Å². The van der Waals surface area contributed by atoms with Gasteiger partial charge in [-0.25, -0.2) is 12.8 Å². The number of rotatable bonds is 3. The fourth-order valence-electron chi connectivity index (χ4n) is 1.78. The van der Waals surface area contributed by atoms with Crippen LogP contribution in [0.15, 0.2) is 29.7 Å². The third-order valence-corrected chi connectivity index (χ3v) is 4.08. The van der Waals surface area contributed by atoms with Crippen LogP contribution < -0.4 is 5.32 Å². The number of halogens is 1. The van der Waals surface area contributed by atoms with Crippen LogP contribution in [0.25, 0.3) is 0 Å². The lowest BCUT2D eigenvalue weighted by atomic mass is 10.1. The lowest BCUT2D eigenvalue weighted by Crippen LogP contribution is -2.29. The molecule has 1 heterocycles. The van der Waals surface area contributed by atoms with Crippen LogP contribution in [0.1, 0.15) is 11.1 Å². The van der Waals surface area contributed by atoms with Gasteiger partial charge in [-0.15, -0.1) is 0 Å². The van der Waals surface area contributed by atoms with Gasteiger partial charge in [0.1, 0.15) is 5.82 Å². The van der Waals surface area contributed by atoms with E-state index in [0.717, 1.165) is 5.56 Å². The van der Waals surface area contributed by atoms with Crippen molar-refractivity contribution in [2.24, 2.45) is 0 Å². The summed E-state index contributed by atoms with van der Waals surface area (Å²) >= 11 is 0. The quantitative estimate of drug-likeness (QED) is 0.891. The van der Waals surface area contributed by atoms with Gasteiger partial charge in [0, 0.05) is 23.6 Å². The Bertz CT molecular complexity index is 552. The van der Waals surface area contributed by atoms with Gasteiger partial charge in [-0.3, -0.25) is 0 Å². The van der Waals surface area contributed by atoms with Gasteiger partial charge >= 0.3 is 0 Å². The van der Waals surface area contributed by atoms with Gasteiger partial charge in [-0.05, 0) is 13.0 Å². The number of hydrogen-bond acceptors (Lipinski definition) is 3. The molecule has 5 heteroatoms. The molecule has 0 amide bonds. The van der Waals surface area contributed by atoms with Crippen LogP contribution in [-0.2, 0) is 16.4 Å². The first-order valence-corrected chi connectivity index (χ1v) is 7.07. The predicted octanol–water partition coefficient (Wildman–Crippen LogP) is 1.53. The van der Waals surface area contributed by atoms with Gasteiger partial charge in [-0.2, -0.15) is 0 Å². The lowest BCUT2D eigenvalue weighted by Gasteiger charge is -2.10. The van der Waals surface area contributed by atoms with Crippen molar-refractivity contribution in [2.75, 3.05) is 5.75 Å². The van der Waals surface area contributed by atoms with Crippen molar-refractivity contribution in [3.8, 4) is 0 Å². The zero-order chi connectivity index (χ0) is 12.5. The molecule has 17 heavy (non-hydrogen) atoms. The molecule has 3 nitrogen and oxygen atoms in total. The summed E-state index contributed by atoms with van der Waals surface area (Å²) in [6.45, 7) is 2.22. The summed E-state index contributed by atoms with van der Waals surface area (Å²) in [6, 6.07) is 4.67.